The van der Waals surface area contributed by atoms with Crippen LogP contribution in [0.25, 0.3) is 0 Å². The Morgan fingerprint density at radius 1 is 1.32 bits per heavy atom. The van der Waals surface area contributed by atoms with E-state index in [2.05, 4.69) is 26.0 Å². The molecule has 0 atom stereocenters. The van der Waals surface area contributed by atoms with Crippen molar-refractivity contribution in [3.63, 3.8) is 0 Å². The summed E-state index contributed by atoms with van der Waals surface area (Å²) >= 11 is 3.46. The molecule has 0 fully saturated rings. The van der Waals surface area contributed by atoms with Gasteiger partial charge in [0.15, 0.2) is 11.5 Å². The molecule has 0 saturated carbocycles. The second kappa shape index (κ2) is 7.85. The van der Waals surface area contributed by atoms with E-state index >= 15 is 0 Å². The molecule has 6 nitrogen and oxygen atoms in total. The first-order valence-electron chi connectivity index (χ1n) is 5.61. The smallest absolute Gasteiger partial charge is 0.404 e. The molecular weight excluding hydrogens is 316 g/mol. The van der Waals surface area contributed by atoms with Gasteiger partial charge in [0, 0.05) is 17.6 Å². The quantitative estimate of drug-likeness (QED) is 0.742. The second-order valence-electron chi connectivity index (χ2n) is 3.64. The van der Waals surface area contributed by atoms with Gasteiger partial charge < -0.3 is 25.3 Å². The Kier molecular flexibility index (Phi) is 6.44. The number of methoxy groups -OCH3 is 2. The minimum atomic E-state index is -0.769. The predicted molar refractivity (Wildman–Crippen MR) is 74.5 cm³/mol. The molecule has 19 heavy (non-hydrogen) atoms. The zero-order valence-electron chi connectivity index (χ0n) is 10.9. The van der Waals surface area contributed by atoms with Crippen LogP contribution >= 0.6 is 15.9 Å². The van der Waals surface area contributed by atoms with Crippen molar-refractivity contribution < 1.29 is 19.0 Å². The van der Waals surface area contributed by atoms with Gasteiger partial charge in [-0.15, -0.1) is 0 Å². The standard InChI is InChI=1S/C12H17BrN2O4/c1-17-10-5-8(9(13)6-11(10)18-2)7-15-3-4-19-12(14)16/h5-6,15H,3-4,7H2,1-2H3,(H2,14,16). The van der Waals surface area contributed by atoms with Gasteiger partial charge in [0.2, 0.25) is 0 Å². The highest BCUT2D eigenvalue weighted by Gasteiger charge is 2.09. The van der Waals surface area contributed by atoms with Crippen LogP contribution in [0.1, 0.15) is 5.56 Å². The molecule has 0 saturated heterocycles. The van der Waals surface area contributed by atoms with Crippen LogP contribution in [0.3, 0.4) is 0 Å². The topological polar surface area (TPSA) is 82.8 Å². The average molecular weight is 333 g/mol. The van der Waals surface area contributed by atoms with Crippen LogP contribution in [0.15, 0.2) is 16.6 Å². The molecule has 1 aromatic carbocycles. The first kappa shape index (κ1) is 15.6. The lowest BCUT2D eigenvalue weighted by Crippen LogP contribution is -2.23. The van der Waals surface area contributed by atoms with Crippen LogP contribution in [0.4, 0.5) is 4.79 Å². The zero-order valence-corrected chi connectivity index (χ0v) is 12.5. The molecule has 1 aromatic rings. The number of ether oxygens (including phenoxy) is 3. The predicted octanol–water partition coefficient (Wildman–Crippen LogP) is 1.65. The highest BCUT2D eigenvalue weighted by Crippen LogP contribution is 2.33. The van der Waals surface area contributed by atoms with E-state index in [1.807, 2.05) is 12.1 Å². The van der Waals surface area contributed by atoms with Gasteiger partial charge >= 0.3 is 6.09 Å². The molecule has 0 aromatic heterocycles. The summed E-state index contributed by atoms with van der Waals surface area (Å²) in [4.78, 5) is 10.4. The molecule has 0 radical (unpaired) electrons. The van der Waals surface area contributed by atoms with Gasteiger partial charge in [0.25, 0.3) is 0 Å². The van der Waals surface area contributed by atoms with Crippen molar-refractivity contribution in [3.05, 3.63) is 22.2 Å². The van der Waals surface area contributed by atoms with Gasteiger partial charge in [0.05, 0.1) is 14.2 Å². The summed E-state index contributed by atoms with van der Waals surface area (Å²) in [6.07, 6.45) is -0.769. The van der Waals surface area contributed by atoms with Crippen LogP contribution in [0.2, 0.25) is 0 Å². The van der Waals surface area contributed by atoms with Gasteiger partial charge in [0.1, 0.15) is 6.61 Å². The van der Waals surface area contributed by atoms with Gasteiger partial charge in [-0.05, 0) is 17.7 Å². The molecule has 0 aliphatic heterocycles. The van der Waals surface area contributed by atoms with Gasteiger partial charge in [-0.1, -0.05) is 15.9 Å². The number of hydrogen-bond acceptors (Lipinski definition) is 5. The number of rotatable bonds is 7. The Morgan fingerprint density at radius 2 is 1.95 bits per heavy atom. The van der Waals surface area contributed by atoms with E-state index in [0.717, 1.165) is 10.0 Å². The molecule has 0 aliphatic carbocycles. The number of nitrogens with one attached hydrogen (secondary N) is 1. The highest BCUT2D eigenvalue weighted by molar-refractivity contribution is 9.10. The van der Waals surface area contributed by atoms with Crippen molar-refractivity contribution in [2.75, 3.05) is 27.4 Å². The van der Waals surface area contributed by atoms with Crippen LogP contribution in [-0.2, 0) is 11.3 Å². The van der Waals surface area contributed by atoms with Crippen molar-refractivity contribution in [1.82, 2.24) is 5.32 Å². The summed E-state index contributed by atoms with van der Waals surface area (Å²) in [7, 11) is 3.17. The number of primary amides is 1. The summed E-state index contributed by atoms with van der Waals surface area (Å²) in [5, 5.41) is 3.13. The summed E-state index contributed by atoms with van der Waals surface area (Å²) in [6.45, 7) is 1.35. The largest absolute Gasteiger partial charge is 0.493 e. The number of carbonyl (C=O) groups excluding carboxylic acids is 1. The first-order valence-corrected chi connectivity index (χ1v) is 6.41. The molecule has 0 heterocycles. The molecule has 0 bridgehead atoms. The van der Waals surface area contributed by atoms with Crippen LogP contribution in [0, 0.1) is 0 Å². The third-order valence-electron chi connectivity index (χ3n) is 2.39. The molecule has 7 heteroatoms. The normalized spacial score (nSPS) is 10.1. The number of carbonyl (C=O) groups is 1. The van der Waals surface area contributed by atoms with Crippen molar-refractivity contribution in [1.29, 1.82) is 0 Å². The van der Waals surface area contributed by atoms with E-state index in [4.69, 9.17) is 15.2 Å². The van der Waals surface area contributed by atoms with E-state index in [-0.39, 0.29) is 6.61 Å². The number of nitrogens with two attached hydrogens (primary N) is 1. The van der Waals surface area contributed by atoms with Crippen molar-refractivity contribution in [3.8, 4) is 11.5 Å². The molecule has 106 valence electrons. The van der Waals surface area contributed by atoms with Crippen molar-refractivity contribution >= 4 is 22.0 Å². The lowest BCUT2D eigenvalue weighted by atomic mass is 10.2. The van der Waals surface area contributed by atoms with E-state index in [1.165, 1.54) is 0 Å². The Balaban J connectivity index is 2.56. The average Bonchev–Trinajstić information content (AvgIpc) is 2.39. The molecule has 0 aliphatic rings. The highest BCUT2D eigenvalue weighted by atomic mass is 79.9. The Hall–Kier alpha value is -1.47. The molecule has 0 unspecified atom stereocenters. The maximum atomic E-state index is 10.4. The fraction of sp³-hybridized carbons (Fsp3) is 0.417. The monoisotopic (exact) mass is 332 g/mol. The van der Waals surface area contributed by atoms with E-state index in [0.29, 0.717) is 24.6 Å². The Morgan fingerprint density at radius 3 is 2.53 bits per heavy atom. The van der Waals surface area contributed by atoms with Crippen LogP contribution in [-0.4, -0.2) is 33.5 Å². The maximum absolute atomic E-state index is 10.4. The van der Waals surface area contributed by atoms with E-state index < -0.39 is 6.09 Å². The first-order chi connectivity index (χ1) is 9.08. The summed E-state index contributed by atoms with van der Waals surface area (Å²) in [5.41, 5.74) is 5.86. The number of hydrogen-bond donors (Lipinski definition) is 2. The van der Waals surface area contributed by atoms with Gasteiger partial charge in [-0.2, -0.15) is 0 Å². The fourth-order valence-electron chi connectivity index (χ4n) is 1.48. The summed E-state index contributed by atoms with van der Waals surface area (Å²) in [5.74, 6) is 1.33. The van der Waals surface area contributed by atoms with Crippen molar-refractivity contribution in [2.24, 2.45) is 5.73 Å². The number of benzene rings is 1. The van der Waals surface area contributed by atoms with E-state index in [9.17, 15) is 4.79 Å². The van der Waals surface area contributed by atoms with Gasteiger partial charge in [-0.3, -0.25) is 0 Å². The third-order valence-corrected chi connectivity index (χ3v) is 3.13. The Bertz CT molecular complexity index is 440. The SMILES string of the molecule is COc1cc(Br)c(CNCCOC(N)=O)cc1OC. The maximum Gasteiger partial charge on any atom is 0.404 e. The second-order valence-corrected chi connectivity index (χ2v) is 4.50. The fourth-order valence-corrected chi connectivity index (χ4v) is 1.94. The van der Waals surface area contributed by atoms with Crippen molar-refractivity contribution in [2.45, 2.75) is 6.54 Å². The minimum absolute atomic E-state index is 0.236. The lowest BCUT2D eigenvalue weighted by molar-refractivity contribution is 0.157. The number of halogens is 1. The van der Waals surface area contributed by atoms with Crippen LogP contribution in [0.5, 0.6) is 11.5 Å². The lowest BCUT2D eigenvalue weighted by Gasteiger charge is -2.12. The zero-order chi connectivity index (χ0) is 14.3. The Labute approximate surface area is 120 Å². The van der Waals surface area contributed by atoms with E-state index in [1.54, 1.807) is 14.2 Å². The summed E-state index contributed by atoms with van der Waals surface area (Å²) in [6, 6.07) is 3.72. The summed E-state index contributed by atoms with van der Waals surface area (Å²) < 4.78 is 15.9. The van der Waals surface area contributed by atoms with Gasteiger partial charge in [-0.25, -0.2) is 4.79 Å². The minimum Gasteiger partial charge on any atom is -0.493 e. The molecule has 1 rings (SSSR count). The molecular formula is C12H17BrN2O4. The molecule has 1 amide bonds. The van der Waals surface area contributed by atoms with Crippen LogP contribution < -0.4 is 20.5 Å². The number of amides is 1. The molecule has 3 N–H and O–H groups in total. The molecule has 0 spiro atoms. The third kappa shape index (κ3) is 4.96.